The van der Waals surface area contributed by atoms with Crippen molar-refractivity contribution in [2.45, 2.75) is 12.5 Å². The number of hydrogen-bond acceptors (Lipinski definition) is 4. The van der Waals surface area contributed by atoms with Crippen molar-refractivity contribution in [3.8, 4) is 0 Å². The van der Waals surface area contributed by atoms with Gasteiger partial charge >= 0.3 is 5.97 Å². The van der Waals surface area contributed by atoms with E-state index < -0.39 is 12.0 Å². The number of benzene rings is 2. The lowest BCUT2D eigenvalue weighted by Crippen LogP contribution is -2.44. The molecule has 0 radical (unpaired) electrons. The molecule has 0 N–H and O–H groups in total. The molecule has 5 nitrogen and oxygen atoms in total. The normalized spacial score (nSPS) is 14.6. The Hall–Kier alpha value is -3.21. The number of nitrogens with zero attached hydrogens (tertiary/aromatic N) is 1. The summed E-state index contributed by atoms with van der Waals surface area (Å²) < 4.78 is 5.36. The van der Waals surface area contributed by atoms with Gasteiger partial charge in [0.25, 0.3) is 11.8 Å². The third-order valence-electron chi connectivity index (χ3n) is 3.94. The van der Waals surface area contributed by atoms with Gasteiger partial charge in [-0.3, -0.25) is 14.5 Å². The molecule has 2 aromatic carbocycles. The lowest BCUT2D eigenvalue weighted by atomic mass is 10.1. The van der Waals surface area contributed by atoms with Gasteiger partial charge in [-0.2, -0.15) is 0 Å². The van der Waals surface area contributed by atoms with Crippen LogP contribution in [0.2, 0.25) is 0 Å². The number of ether oxygens (including phenoxy) is 1. The Morgan fingerprint density at radius 2 is 1.44 bits per heavy atom. The number of rotatable bonds is 6. The van der Waals surface area contributed by atoms with E-state index in [1.54, 1.807) is 24.3 Å². The summed E-state index contributed by atoms with van der Waals surface area (Å²) in [7, 11) is 0. The summed E-state index contributed by atoms with van der Waals surface area (Å²) in [5.74, 6) is -1.26. The van der Waals surface area contributed by atoms with Gasteiger partial charge in [0.2, 0.25) is 0 Å². The number of imide groups is 1. The highest BCUT2D eigenvalue weighted by atomic mass is 16.5. The first kappa shape index (κ1) is 16.6. The van der Waals surface area contributed by atoms with Crippen LogP contribution in [0.3, 0.4) is 0 Å². The Labute approximate surface area is 145 Å². The summed E-state index contributed by atoms with van der Waals surface area (Å²) >= 11 is 0. The van der Waals surface area contributed by atoms with Gasteiger partial charge in [0.05, 0.1) is 11.6 Å². The fourth-order valence-corrected chi connectivity index (χ4v) is 2.71. The first-order valence-electron chi connectivity index (χ1n) is 7.96. The van der Waals surface area contributed by atoms with Crippen molar-refractivity contribution in [1.29, 1.82) is 0 Å². The molecule has 126 valence electrons. The van der Waals surface area contributed by atoms with E-state index in [-0.39, 0.29) is 18.4 Å². The molecule has 2 amide bonds. The first-order valence-corrected chi connectivity index (χ1v) is 7.96. The van der Waals surface area contributed by atoms with E-state index in [4.69, 9.17) is 4.74 Å². The largest absolute Gasteiger partial charge is 0.460 e. The molecule has 0 aromatic heterocycles. The number of carbonyl (C=O) groups is 3. The van der Waals surface area contributed by atoms with Gasteiger partial charge in [-0.05, 0) is 24.1 Å². The molecule has 1 aliphatic rings. The average molecular weight is 335 g/mol. The zero-order chi connectivity index (χ0) is 17.6. The third-order valence-corrected chi connectivity index (χ3v) is 3.94. The molecular formula is C20H17NO4. The average Bonchev–Trinajstić information content (AvgIpc) is 2.98. The highest BCUT2D eigenvalue weighted by Crippen LogP contribution is 2.15. The zero-order valence-corrected chi connectivity index (χ0v) is 13.5. The minimum atomic E-state index is -0.551. The zero-order valence-electron chi connectivity index (χ0n) is 13.5. The summed E-state index contributed by atoms with van der Waals surface area (Å²) in [6.07, 6.45) is 2.89. The first-order chi connectivity index (χ1) is 12.1. The highest BCUT2D eigenvalue weighted by Gasteiger charge is 2.32. The standard InChI is InChI=1S/C20H17NO4/c22-18-11-12-19(23)21(18)17(13-15-7-3-1-4-8-15)14-25-20(24)16-9-5-2-6-10-16/h1-12,17H,13-14H2/t17-/m0/s1. The van der Waals surface area contributed by atoms with Gasteiger partial charge < -0.3 is 4.74 Å². The molecule has 1 heterocycles. The van der Waals surface area contributed by atoms with Crippen LogP contribution in [-0.4, -0.2) is 35.3 Å². The predicted octanol–water partition coefficient (Wildman–Crippen LogP) is 2.38. The molecule has 0 saturated carbocycles. The van der Waals surface area contributed by atoms with Crippen LogP contribution in [0.5, 0.6) is 0 Å². The monoisotopic (exact) mass is 335 g/mol. The van der Waals surface area contributed by atoms with Crippen molar-refractivity contribution in [1.82, 2.24) is 4.90 Å². The molecule has 1 aliphatic heterocycles. The summed E-state index contributed by atoms with van der Waals surface area (Å²) in [6.45, 7) is -0.0538. The quantitative estimate of drug-likeness (QED) is 0.601. The highest BCUT2D eigenvalue weighted by molar-refractivity contribution is 6.13. The van der Waals surface area contributed by atoms with Gasteiger partial charge in [-0.25, -0.2) is 4.79 Å². The molecule has 0 saturated heterocycles. The number of amides is 2. The summed E-state index contributed by atoms with van der Waals surface area (Å²) in [6, 6.07) is 17.5. The Kier molecular flexibility index (Phi) is 5.04. The van der Waals surface area contributed by atoms with Gasteiger partial charge in [0.1, 0.15) is 6.61 Å². The molecular weight excluding hydrogens is 318 g/mol. The van der Waals surface area contributed by atoms with E-state index in [1.165, 1.54) is 12.2 Å². The number of esters is 1. The van der Waals surface area contributed by atoms with E-state index in [9.17, 15) is 14.4 Å². The van der Waals surface area contributed by atoms with Crippen molar-refractivity contribution < 1.29 is 19.1 Å². The van der Waals surface area contributed by atoms with Gasteiger partial charge in [-0.1, -0.05) is 48.5 Å². The fourth-order valence-electron chi connectivity index (χ4n) is 2.71. The molecule has 0 bridgehead atoms. The lowest BCUT2D eigenvalue weighted by molar-refractivity contribution is -0.140. The number of carbonyl (C=O) groups excluding carboxylic acids is 3. The van der Waals surface area contributed by atoms with Crippen molar-refractivity contribution in [3.63, 3.8) is 0 Å². The second-order valence-corrected chi connectivity index (χ2v) is 5.69. The molecule has 3 rings (SSSR count). The fraction of sp³-hybridized carbons (Fsp3) is 0.150. The van der Waals surface area contributed by atoms with Crippen LogP contribution in [0.15, 0.2) is 72.8 Å². The predicted molar refractivity (Wildman–Crippen MR) is 91.7 cm³/mol. The molecule has 25 heavy (non-hydrogen) atoms. The Bertz CT molecular complexity index is 781. The second kappa shape index (κ2) is 7.57. The third kappa shape index (κ3) is 4.01. The van der Waals surface area contributed by atoms with Crippen LogP contribution in [0.25, 0.3) is 0 Å². The van der Waals surface area contributed by atoms with Crippen LogP contribution in [0, 0.1) is 0 Å². The van der Waals surface area contributed by atoms with E-state index in [1.807, 2.05) is 36.4 Å². The molecule has 0 fully saturated rings. The van der Waals surface area contributed by atoms with Crippen LogP contribution in [0.1, 0.15) is 15.9 Å². The topological polar surface area (TPSA) is 63.7 Å². The minimum Gasteiger partial charge on any atom is -0.460 e. The Balaban J connectivity index is 1.73. The second-order valence-electron chi connectivity index (χ2n) is 5.69. The molecule has 2 aromatic rings. The van der Waals surface area contributed by atoms with E-state index in [0.29, 0.717) is 12.0 Å². The van der Waals surface area contributed by atoms with Crippen molar-refractivity contribution >= 4 is 17.8 Å². The van der Waals surface area contributed by atoms with Crippen LogP contribution >= 0.6 is 0 Å². The molecule has 0 aliphatic carbocycles. The van der Waals surface area contributed by atoms with Gasteiger partial charge in [0.15, 0.2) is 0 Å². The van der Waals surface area contributed by atoms with Crippen LogP contribution in [-0.2, 0) is 20.7 Å². The van der Waals surface area contributed by atoms with Gasteiger partial charge in [-0.15, -0.1) is 0 Å². The molecule has 5 heteroatoms. The van der Waals surface area contributed by atoms with Crippen LogP contribution < -0.4 is 0 Å². The SMILES string of the molecule is O=C(OC[C@H](Cc1ccccc1)N1C(=O)C=CC1=O)c1ccccc1. The lowest BCUT2D eigenvalue weighted by Gasteiger charge is -2.26. The number of hydrogen-bond donors (Lipinski definition) is 0. The van der Waals surface area contributed by atoms with E-state index >= 15 is 0 Å². The summed E-state index contributed by atoms with van der Waals surface area (Å²) in [5, 5.41) is 0. The molecule has 0 spiro atoms. The Morgan fingerprint density at radius 1 is 0.880 bits per heavy atom. The smallest absolute Gasteiger partial charge is 0.338 e. The minimum absolute atomic E-state index is 0.0538. The van der Waals surface area contributed by atoms with Crippen molar-refractivity contribution in [2.24, 2.45) is 0 Å². The van der Waals surface area contributed by atoms with Gasteiger partial charge in [0, 0.05) is 12.2 Å². The molecule has 0 unspecified atom stereocenters. The molecule has 1 atom stereocenters. The summed E-state index contributed by atoms with van der Waals surface area (Å²) in [4.78, 5) is 37.3. The Morgan fingerprint density at radius 3 is 2.04 bits per heavy atom. The summed E-state index contributed by atoms with van der Waals surface area (Å²) in [5.41, 5.74) is 1.38. The maximum Gasteiger partial charge on any atom is 0.338 e. The maximum absolute atomic E-state index is 12.2. The maximum atomic E-state index is 12.2. The van der Waals surface area contributed by atoms with E-state index in [2.05, 4.69) is 0 Å². The van der Waals surface area contributed by atoms with Crippen LogP contribution in [0.4, 0.5) is 0 Å². The van der Waals surface area contributed by atoms with Crippen molar-refractivity contribution in [3.05, 3.63) is 83.9 Å². The van der Waals surface area contributed by atoms with E-state index in [0.717, 1.165) is 10.5 Å². The van der Waals surface area contributed by atoms with Crippen molar-refractivity contribution in [2.75, 3.05) is 6.61 Å².